The maximum absolute atomic E-state index is 12.5. The lowest BCUT2D eigenvalue weighted by Gasteiger charge is -2.20. The highest BCUT2D eigenvalue weighted by Crippen LogP contribution is 2.24. The molecule has 1 aliphatic rings. The second kappa shape index (κ2) is 7.86. The molecule has 1 amide bonds. The number of rotatable bonds is 3. The zero-order valence-corrected chi connectivity index (χ0v) is 14.8. The van der Waals surface area contributed by atoms with Gasteiger partial charge in [-0.3, -0.25) is 4.79 Å². The van der Waals surface area contributed by atoms with Gasteiger partial charge in [0.25, 0.3) is 5.91 Å². The van der Waals surface area contributed by atoms with Crippen LogP contribution in [0.1, 0.15) is 36.0 Å². The number of aromatic nitrogens is 1. The molecule has 1 aromatic heterocycles. The number of carbonyl (C=O) groups excluding carboxylic acids is 1. The summed E-state index contributed by atoms with van der Waals surface area (Å²) in [6.45, 7) is 1.67. The summed E-state index contributed by atoms with van der Waals surface area (Å²) in [5.74, 6) is 0.697. The number of nitrogens with zero attached hydrogens (tertiary/aromatic N) is 2. The molecule has 1 fully saturated rings. The minimum absolute atomic E-state index is 0.0572. The van der Waals surface area contributed by atoms with E-state index in [9.17, 15) is 4.79 Å². The highest BCUT2D eigenvalue weighted by atomic mass is 35.5. The Balaban J connectivity index is 1.69. The zero-order chi connectivity index (χ0) is 16.9. The van der Waals surface area contributed by atoms with Crippen LogP contribution in [-0.4, -0.2) is 28.9 Å². The third-order valence-corrected chi connectivity index (χ3v) is 4.48. The molecule has 1 aromatic carbocycles. The highest BCUT2D eigenvalue weighted by molar-refractivity contribution is 6.35. The fourth-order valence-electron chi connectivity index (χ4n) is 2.82. The van der Waals surface area contributed by atoms with Crippen molar-refractivity contribution in [3.63, 3.8) is 0 Å². The molecule has 0 saturated carbocycles. The summed E-state index contributed by atoms with van der Waals surface area (Å²) in [7, 11) is 0. The summed E-state index contributed by atoms with van der Waals surface area (Å²) >= 11 is 12.0. The van der Waals surface area contributed by atoms with Crippen LogP contribution in [0.15, 0.2) is 36.5 Å². The Labute approximate surface area is 151 Å². The van der Waals surface area contributed by atoms with Gasteiger partial charge in [-0.2, -0.15) is 0 Å². The molecule has 1 aliphatic heterocycles. The maximum atomic E-state index is 12.5. The first-order valence-electron chi connectivity index (χ1n) is 8.10. The lowest BCUT2D eigenvalue weighted by molar-refractivity contribution is 0.0761. The molecule has 0 spiro atoms. The van der Waals surface area contributed by atoms with E-state index < -0.39 is 0 Å². The molecule has 2 aromatic rings. The minimum atomic E-state index is 0.0572. The molecule has 24 heavy (non-hydrogen) atoms. The fourth-order valence-corrected chi connectivity index (χ4v) is 3.35. The fraction of sp³-hybridized carbons (Fsp3) is 0.333. The van der Waals surface area contributed by atoms with Gasteiger partial charge in [0.15, 0.2) is 0 Å². The first-order valence-corrected chi connectivity index (χ1v) is 8.86. The molecule has 0 atom stereocenters. The van der Waals surface area contributed by atoms with Gasteiger partial charge in [-0.05, 0) is 43.2 Å². The number of amides is 1. The second-order valence-corrected chi connectivity index (χ2v) is 6.79. The Hall–Kier alpha value is -1.78. The summed E-state index contributed by atoms with van der Waals surface area (Å²) in [5, 5.41) is 4.24. The van der Waals surface area contributed by atoms with Crippen molar-refractivity contribution in [2.75, 3.05) is 18.4 Å². The zero-order valence-electron chi connectivity index (χ0n) is 13.3. The quantitative estimate of drug-likeness (QED) is 0.819. The van der Waals surface area contributed by atoms with Crippen molar-refractivity contribution in [2.24, 2.45) is 0 Å². The van der Waals surface area contributed by atoms with E-state index in [1.54, 1.807) is 36.5 Å². The van der Waals surface area contributed by atoms with Crippen molar-refractivity contribution in [1.82, 2.24) is 9.88 Å². The van der Waals surface area contributed by atoms with Crippen molar-refractivity contribution >= 4 is 40.6 Å². The van der Waals surface area contributed by atoms with E-state index in [-0.39, 0.29) is 5.91 Å². The number of halogens is 2. The average Bonchev–Trinajstić information content (AvgIpc) is 2.83. The largest absolute Gasteiger partial charge is 0.340 e. The lowest BCUT2D eigenvalue weighted by atomic mass is 10.2. The molecular formula is C18H19Cl2N3O. The number of nitrogens with one attached hydrogen (secondary N) is 1. The Kier molecular flexibility index (Phi) is 5.59. The van der Waals surface area contributed by atoms with Crippen molar-refractivity contribution in [2.45, 2.75) is 25.7 Å². The highest BCUT2D eigenvalue weighted by Gasteiger charge is 2.17. The molecular weight excluding hydrogens is 345 g/mol. The SMILES string of the molecule is O=C(c1ccc(Nc2cc(Cl)cc(Cl)c2)nc1)N1CCCCCC1. The first-order chi connectivity index (χ1) is 11.6. The molecule has 1 saturated heterocycles. The van der Waals surface area contributed by atoms with Crippen LogP contribution in [-0.2, 0) is 0 Å². The Morgan fingerprint density at radius 1 is 1.00 bits per heavy atom. The van der Waals surface area contributed by atoms with Crippen molar-refractivity contribution in [3.05, 3.63) is 52.1 Å². The minimum Gasteiger partial charge on any atom is -0.340 e. The van der Waals surface area contributed by atoms with Crippen LogP contribution < -0.4 is 5.32 Å². The van der Waals surface area contributed by atoms with E-state index in [0.29, 0.717) is 21.4 Å². The molecule has 1 N–H and O–H groups in total. The second-order valence-electron chi connectivity index (χ2n) is 5.92. The number of likely N-dealkylation sites (tertiary alicyclic amines) is 1. The predicted molar refractivity (Wildman–Crippen MR) is 98.4 cm³/mol. The molecule has 0 bridgehead atoms. The molecule has 4 nitrogen and oxygen atoms in total. The first kappa shape index (κ1) is 17.1. The van der Waals surface area contributed by atoms with E-state index in [0.717, 1.165) is 31.6 Å². The van der Waals surface area contributed by atoms with E-state index in [1.807, 2.05) is 4.90 Å². The summed E-state index contributed by atoms with van der Waals surface area (Å²) in [4.78, 5) is 18.8. The number of carbonyl (C=O) groups is 1. The van der Waals surface area contributed by atoms with E-state index >= 15 is 0 Å². The normalized spacial score (nSPS) is 15.0. The van der Waals surface area contributed by atoms with Crippen LogP contribution in [0.5, 0.6) is 0 Å². The van der Waals surface area contributed by atoms with Crippen LogP contribution in [0.2, 0.25) is 10.0 Å². The van der Waals surface area contributed by atoms with Crippen LogP contribution in [0.25, 0.3) is 0 Å². The standard InChI is InChI=1S/C18H19Cl2N3O/c19-14-9-15(20)11-16(10-14)22-17-6-5-13(12-21-17)18(24)23-7-3-1-2-4-8-23/h5-6,9-12H,1-4,7-8H2,(H,21,22). The third kappa shape index (κ3) is 4.40. The topological polar surface area (TPSA) is 45.2 Å². The Morgan fingerprint density at radius 3 is 2.25 bits per heavy atom. The number of hydrogen-bond donors (Lipinski definition) is 1. The summed E-state index contributed by atoms with van der Waals surface area (Å²) in [6.07, 6.45) is 6.17. The third-order valence-electron chi connectivity index (χ3n) is 4.04. The maximum Gasteiger partial charge on any atom is 0.255 e. The van der Waals surface area contributed by atoms with E-state index in [2.05, 4.69) is 10.3 Å². The number of pyridine rings is 1. The van der Waals surface area contributed by atoms with Crippen molar-refractivity contribution < 1.29 is 4.79 Å². The summed E-state index contributed by atoms with van der Waals surface area (Å²) in [5.41, 5.74) is 1.37. The lowest BCUT2D eigenvalue weighted by Crippen LogP contribution is -2.31. The molecule has 126 valence electrons. The number of anilines is 2. The molecule has 6 heteroatoms. The Bertz CT molecular complexity index is 690. The van der Waals surface area contributed by atoms with Gasteiger partial charge in [0, 0.05) is 35.0 Å². The summed E-state index contributed by atoms with van der Waals surface area (Å²) < 4.78 is 0. The van der Waals surface area contributed by atoms with E-state index in [1.165, 1.54) is 12.8 Å². The van der Waals surface area contributed by atoms with Gasteiger partial charge in [-0.25, -0.2) is 4.98 Å². The van der Waals surface area contributed by atoms with Gasteiger partial charge < -0.3 is 10.2 Å². The smallest absolute Gasteiger partial charge is 0.255 e. The molecule has 0 unspecified atom stereocenters. The molecule has 2 heterocycles. The van der Waals surface area contributed by atoms with Gasteiger partial charge in [0.2, 0.25) is 0 Å². The predicted octanol–water partition coefficient (Wildman–Crippen LogP) is 5.15. The van der Waals surface area contributed by atoms with Gasteiger partial charge in [-0.15, -0.1) is 0 Å². The molecule has 0 radical (unpaired) electrons. The van der Waals surface area contributed by atoms with Crippen LogP contribution >= 0.6 is 23.2 Å². The van der Waals surface area contributed by atoms with Crippen molar-refractivity contribution in [1.29, 1.82) is 0 Å². The van der Waals surface area contributed by atoms with Crippen LogP contribution in [0, 0.1) is 0 Å². The Morgan fingerprint density at radius 2 is 1.67 bits per heavy atom. The summed E-state index contributed by atoms with van der Waals surface area (Å²) in [6, 6.07) is 8.80. The number of benzene rings is 1. The van der Waals surface area contributed by atoms with Gasteiger partial charge >= 0.3 is 0 Å². The number of hydrogen-bond acceptors (Lipinski definition) is 3. The van der Waals surface area contributed by atoms with Crippen molar-refractivity contribution in [3.8, 4) is 0 Å². The van der Waals surface area contributed by atoms with Crippen LogP contribution in [0.4, 0.5) is 11.5 Å². The monoisotopic (exact) mass is 363 g/mol. The van der Waals surface area contributed by atoms with Gasteiger partial charge in [0.05, 0.1) is 5.56 Å². The van der Waals surface area contributed by atoms with Gasteiger partial charge in [0.1, 0.15) is 5.82 Å². The average molecular weight is 364 g/mol. The van der Waals surface area contributed by atoms with Gasteiger partial charge in [-0.1, -0.05) is 36.0 Å². The van der Waals surface area contributed by atoms with Crippen LogP contribution in [0.3, 0.4) is 0 Å². The van der Waals surface area contributed by atoms with E-state index in [4.69, 9.17) is 23.2 Å². The molecule has 3 rings (SSSR count). The molecule has 0 aliphatic carbocycles.